The minimum absolute atomic E-state index is 0.532. The van der Waals surface area contributed by atoms with Gasteiger partial charge in [0.25, 0.3) is 0 Å². The lowest BCUT2D eigenvalue weighted by atomic mass is 9.98. The molecule has 6 heteroatoms. The molecule has 1 aliphatic rings. The molecule has 3 rings (SSSR count). The molecule has 1 N–H and O–H groups in total. The predicted octanol–water partition coefficient (Wildman–Crippen LogP) is 5.17. The number of rotatable bonds is 5. The number of halogens is 1. The third kappa shape index (κ3) is 4.27. The zero-order chi connectivity index (χ0) is 18.7. The standard InChI is InChI=1S/C20H27IN4S/c1-5-22-20-23-14(4)18(19(24-20)25-8-10-26-11-9-25)16-7-6-15(13(2)3)12-17(16)21/h6-7,12-13H,5,8-11H2,1-4H3,(H,22,23,24). The van der Waals surface area contributed by atoms with Crippen LogP contribution in [-0.4, -0.2) is 41.1 Å². The van der Waals surface area contributed by atoms with Crippen molar-refractivity contribution in [2.45, 2.75) is 33.6 Å². The van der Waals surface area contributed by atoms with Crippen LogP contribution in [0.1, 0.15) is 37.9 Å². The van der Waals surface area contributed by atoms with Gasteiger partial charge in [0.05, 0.1) is 5.69 Å². The van der Waals surface area contributed by atoms with Crippen LogP contribution in [0.4, 0.5) is 11.8 Å². The molecule has 2 heterocycles. The monoisotopic (exact) mass is 482 g/mol. The van der Waals surface area contributed by atoms with E-state index in [1.165, 1.54) is 20.3 Å². The molecule has 2 aromatic rings. The van der Waals surface area contributed by atoms with Crippen LogP contribution in [0, 0.1) is 10.5 Å². The summed E-state index contributed by atoms with van der Waals surface area (Å²) >= 11 is 4.48. The lowest BCUT2D eigenvalue weighted by Crippen LogP contribution is -2.34. The van der Waals surface area contributed by atoms with Crippen molar-refractivity contribution in [2.24, 2.45) is 0 Å². The van der Waals surface area contributed by atoms with Crippen LogP contribution in [-0.2, 0) is 0 Å². The third-order valence-electron chi connectivity index (χ3n) is 4.65. The van der Waals surface area contributed by atoms with Gasteiger partial charge in [-0.2, -0.15) is 16.7 Å². The molecule has 0 unspecified atom stereocenters. The van der Waals surface area contributed by atoms with Crippen molar-refractivity contribution in [1.82, 2.24) is 9.97 Å². The highest BCUT2D eigenvalue weighted by Gasteiger charge is 2.22. The van der Waals surface area contributed by atoms with E-state index in [2.05, 4.69) is 78.7 Å². The highest BCUT2D eigenvalue weighted by molar-refractivity contribution is 14.1. The van der Waals surface area contributed by atoms with Crippen LogP contribution in [0.2, 0.25) is 0 Å². The Balaban J connectivity index is 2.13. The molecule has 0 spiro atoms. The van der Waals surface area contributed by atoms with Crippen LogP contribution < -0.4 is 10.2 Å². The predicted molar refractivity (Wildman–Crippen MR) is 123 cm³/mol. The van der Waals surface area contributed by atoms with E-state index < -0.39 is 0 Å². The highest BCUT2D eigenvalue weighted by Crippen LogP contribution is 2.37. The first-order valence-corrected chi connectivity index (χ1v) is 11.5. The topological polar surface area (TPSA) is 41.1 Å². The summed E-state index contributed by atoms with van der Waals surface area (Å²) in [4.78, 5) is 12.1. The molecule has 0 bridgehead atoms. The van der Waals surface area contributed by atoms with Crippen molar-refractivity contribution in [3.8, 4) is 11.1 Å². The van der Waals surface area contributed by atoms with Gasteiger partial charge in [-0.3, -0.25) is 0 Å². The largest absolute Gasteiger partial charge is 0.354 e. The van der Waals surface area contributed by atoms with Crippen molar-refractivity contribution in [2.75, 3.05) is 41.4 Å². The molecular formula is C20H27IN4S. The fraction of sp³-hybridized carbons (Fsp3) is 0.500. The summed E-state index contributed by atoms with van der Waals surface area (Å²) in [6.45, 7) is 11.6. The molecule has 0 atom stereocenters. The van der Waals surface area contributed by atoms with Gasteiger partial charge in [-0.25, -0.2) is 4.98 Å². The van der Waals surface area contributed by atoms with Crippen LogP contribution >= 0.6 is 34.4 Å². The molecule has 26 heavy (non-hydrogen) atoms. The van der Waals surface area contributed by atoms with Crippen molar-refractivity contribution >= 4 is 46.1 Å². The molecule has 140 valence electrons. The summed E-state index contributed by atoms with van der Waals surface area (Å²) in [5.74, 6) is 4.65. The Morgan fingerprint density at radius 2 is 1.96 bits per heavy atom. The molecule has 1 fully saturated rings. The van der Waals surface area contributed by atoms with Gasteiger partial charge in [0, 0.05) is 45.8 Å². The second-order valence-corrected chi connectivity index (χ2v) is 9.24. The number of aromatic nitrogens is 2. The van der Waals surface area contributed by atoms with E-state index in [0.29, 0.717) is 5.92 Å². The van der Waals surface area contributed by atoms with Gasteiger partial charge in [-0.05, 0) is 54.0 Å². The molecule has 1 aromatic carbocycles. The maximum absolute atomic E-state index is 4.91. The van der Waals surface area contributed by atoms with Gasteiger partial charge in [0.2, 0.25) is 5.95 Å². The number of benzene rings is 1. The third-order valence-corrected chi connectivity index (χ3v) is 6.48. The van der Waals surface area contributed by atoms with Crippen LogP contribution in [0.5, 0.6) is 0 Å². The van der Waals surface area contributed by atoms with Gasteiger partial charge in [0.15, 0.2) is 0 Å². The quantitative estimate of drug-likeness (QED) is 0.596. The Labute approximate surface area is 174 Å². The van der Waals surface area contributed by atoms with Crippen molar-refractivity contribution < 1.29 is 0 Å². The van der Waals surface area contributed by atoms with Crippen LogP contribution in [0.25, 0.3) is 11.1 Å². The highest BCUT2D eigenvalue weighted by atomic mass is 127. The normalized spacial score (nSPS) is 14.8. The number of aryl methyl sites for hydroxylation is 1. The summed E-state index contributed by atoms with van der Waals surface area (Å²) in [7, 11) is 0. The van der Waals surface area contributed by atoms with Gasteiger partial charge < -0.3 is 10.2 Å². The molecular weight excluding hydrogens is 455 g/mol. The average molecular weight is 482 g/mol. The van der Waals surface area contributed by atoms with Crippen molar-refractivity contribution in [1.29, 1.82) is 0 Å². The molecule has 1 saturated heterocycles. The summed E-state index contributed by atoms with van der Waals surface area (Å²) in [5.41, 5.74) is 4.83. The van der Waals surface area contributed by atoms with E-state index in [9.17, 15) is 0 Å². The van der Waals surface area contributed by atoms with Crippen molar-refractivity contribution in [3.05, 3.63) is 33.0 Å². The lowest BCUT2D eigenvalue weighted by molar-refractivity contribution is 0.834. The zero-order valence-electron chi connectivity index (χ0n) is 16.0. The van der Waals surface area contributed by atoms with Gasteiger partial charge in [-0.1, -0.05) is 26.0 Å². The smallest absolute Gasteiger partial charge is 0.224 e. The van der Waals surface area contributed by atoms with E-state index in [-0.39, 0.29) is 0 Å². The van der Waals surface area contributed by atoms with E-state index in [1.54, 1.807) is 0 Å². The number of hydrogen-bond acceptors (Lipinski definition) is 5. The van der Waals surface area contributed by atoms with Gasteiger partial charge >= 0.3 is 0 Å². The summed E-state index contributed by atoms with van der Waals surface area (Å²) < 4.78 is 1.27. The average Bonchev–Trinajstić information content (AvgIpc) is 2.63. The van der Waals surface area contributed by atoms with E-state index in [1.807, 2.05) is 11.8 Å². The summed E-state index contributed by atoms with van der Waals surface area (Å²) in [6.07, 6.45) is 0. The molecule has 1 aliphatic heterocycles. The molecule has 0 amide bonds. The summed E-state index contributed by atoms with van der Waals surface area (Å²) in [5, 5.41) is 3.29. The van der Waals surface area contributed by atoms with Crippen molar-refractivity contribution in [3.63, 3.8) is 0 Å². The number of nitrogens with zero attached hydrogens (tertiary/aromatic N) is 3. The van der Waals surface area contributed by atoms with Crippen LogP contribution in [0.3, 0.4) is 0 Å². The Hall–Kier alpha value is -1.02. The van der Waals surface area contributed by atoms with E-state index in [0.717, 1.165) is 48.6 Å². The Bertz CT molecular complexity index is 773. The fourth-order valence-corrected chi connectivity index (χ4v) is 4.92. The first-order valence-electron chi connectivity index (χ1n) is 9.26. The minimum Gasteiger partial charge on any atom is -0.354 e. The maximum atomic E-state index is 4.91. The Kier molecular flexibility index (Phi) is 6.66. The molecule has 0 saturated carbocycles. The Morgan fingerprint density at radius 1 is 1.23 bits per heavy atom. The maximum Gasteiger partial charge on any atom is 0.224 e. The van der Waals surface area contributed by atoms with E-state index in [4.69, 9.17) is 9.97 Å². The van der Waals surface area contributed by atoms with E-state index >= 15 is 0 Å². The SMILES string of the molecule is CCNc1nc(C)c(-c2ccc(C(C)C)cc2I)c(N2CCSCC2)n1. The number of anilines is 2. The summed E-state index contributed by atoms with van der Waals surface area (Å²) in [6, 6.07) is 6.79. The molecule has 0 aliphatic carbocycles. The number of hydrogen-bond donors (Lipinski definition) is 1. The second-order valence-electron chi connectivity index (χ2n) is 6.85. The van der Waals surface area contributed by atoms with Crippen LogP contribution in [0.15, 0.2) is 18.2 Å². The number of thioether (sulfide) groups is 1. The zero-order valence-corrected chi connectivity index (χ0v) is 18.9. The first-order chi connectivity index (χ1) is 12.5. The minimum atomic E-state index is 0.532. The molecule has 0 radical (unpaired) electrons. The van der Waals surface area contributed by atoms with Gasteiger partial charge in [-0.15, -0.1) is 0 Å². The fourth-order valence-electron chi connectivity index (χ4n) is 3.21. The first kappa shape index (κ1) is 19.7. The lowest BCUT2D eigenvalue weighted by Gasteiger charge is -2.30. The number of nitrogens with one attached hydrogen (secondary N) is 1. The molecule has 1 aromatic heterocycles. The molecule has 4 nitrogen and oxygen atoms in total. The second kappa shape index (κ2) is 8.78. The van der Waals surface area contributed by atoms with Gasteiger partial charge in [0.1, 0.15) is 5.82 Å². The Morgan fingerprint density at radius 3 is 2.58 bits per heavy atom.